The van der Waals surface area contributed by atoms with Gasteiger partial charge < -0.3 is 10.3 Å². The first-order chi connectivity index (χ1) is 9.65. The van der Waals surface area contributed by atoms with E-state index in [1.807, 2.05) is 24.5 Å². The first-order valence-electron chi connectivity index (χ1n) is 5.81. The lowest BCUT2D eigenvalue weighted by atomic mass is 10.1. The normalized spacial score (nSPS) is 12.7. The third-order valence-corrected chi connectivity index (χ3v) is 3.24. The van der Waals surface area contributed by atoms with Crippen LogP contribution in [0.3, 0.4) is 0 Å². The lowest BCUT2D eigenvalue weighted by molar-refractivity contribution is 0.559. The number of benzene rings is 1. The molecule has 0 spiro atoms. The highest BCUT2D eigenvalue weighted by molar-refractivity contribution is 8.13. The molecule has 7 heteroatoms. The van der Waals surface area contributed by atoms with Crippen molar-refractivity contribution in [3.8, 4) is 0 Å². The van der Waals surface area contributed by atoms with Gasteiger partial charge in [0.15, 0.2) is 5.17 Å². The number of rotatable bonds is 2. The minimum atomic E-state index is -0.429. The fraction of sp³-hybridized carbons (Fsp3) is 0.154. The van der Waals surface area contributed by atoms with E-state index in [0.717, 1.165) is 5.39 Å². The average molecular weight is 290 g/mol. The number of para-hydroxylation sites is 1. The quantitative estimate of drug-likeness (QED) is 0.289. The number of thioether (sulfide) groups is 1. The summed E-state index contributed by atoms with van der Waals surface area (Å²) in [7, 11) is 0. The summed E-state index contributed by atoms with van der Waals surface area (Å²) in [6.07, 6.45) is 1.81. The molecule has 0 aliphatic heterocycles. The number of fused-ring (bicyclic) bond motifs is 1. The molecule has 0 unspecified atom stereocenters. The Balaban J connectivity index is 2.39. The van der Waals surface area contributed by atoms with Crippen molar-refractivity contribution in [1.82, 2.24) is 5.43 Å². The van der Waals surface area contributed by atoms with Crippen molar-refractivity contribution in [3.63, 3.8) is 0 Å². The van der Waals surface area contributed by atoms with Gasteiger partial charge in [0.1, 0.15) is 5.58 Å². The Kier molecular flexibility index (Phi) is 4.41. The van der Waals surface area contributed by atoms with Crippen molar-refractivity contribution in [1.29, 1.82) is 0 Å². The Morgan fingerprint density at radius 1 is 1.40 bits per heavy atom. The van der Waals surface area contributed by atoms with Gasteiger partial charge in [0.25, 0.3) is 0 Å². The summed E-state index contributed by atoms with van der Waals surface area (Å²) in [6.45, 7) is 1.71. The van der Waals surface area contributed by atoms with E-state index in [9.17, 15) is 4.79 Å². The molecule has 1 heterocycles. The second kappa shape index (κ2) is 6.25. The lowest BCUT2D eigenvalue weighted by Crippen LogP contribution is -2.20. The molecule has 1 aromatic carbocycles. The summed E-state index contributed by atoms with van der Waals surface area (Å²) >= 11 is 1.32. The molecule has 0 fully saturated rings. The van der Waals surface area contributed by atoms with E-state index in [0.29, 0.717) is 22.0 Å². The molecule has 20 heavy (non-hydrogen) atoms. The Morgan fingerprint density at radius 2 is 2.15 bits per heavy atom. The van der Waals surface area contributed by atoms with E-state index in [1.165, 1.54) is 11.8 Å². The summed E-state index contributed by atoms with van der Waals surface area (Å²) in [4.78, 5) is 11.9. The molecule has 0 radical (unpaired) electrons. The molecule has 0 bridgehead atoms. The van der Waals surface area contributed by atoms with Crippen LogP contribution in [0, 0.1) is 0 Å². The number of amidine groups is 1. The van der Waals surface area contributed by atoms with Crippen LogP contribution < -0.4 is 16.9 Å². The van der Waals surface area contributed by atoms with Crippen molar-refractivity contribution in [2.24, 2.45) is 16.0 Å². The van der Waals surface area contributed by atoms with Gasteiger partial charge in [-0.2, -0.15) is 10.2 Å². The maximum absolute atomic E-state index is 11.9. The van der Waals surface area contributed by atoms with E-state index in [4.69, 9.17) is 10.3 Å². The number of hydrogen-bond donors (Lipinski definition) is 2. The second-order valence-corrected chi connectivity index (χ2v) is 4.73. The van der Waals surface area contributed by atoms with Gasteiger partial charge in [0.05, 0.1) is 11.3 Å². The van der Waals surface area contributed by atoms with Gasteiger partial charge in [-0.05, 0) is 25.3 Å². The van der Waals surface area contributed by atoms with E-state index in [1.54, 1.807) is 19.1 Å². The summed E-state index contributed by atoms with van der Waals surface area (Å²) in [5.74, 6) is 5.17. The van der Waals surface area contributed by atoms with Crippen molar-refractivity contribution >= 4 is 33.6 Å². The zero-order valence-electron chi connectivity index (χ0n) is 11.1. The van der Waals surface area contributed by atoms with E-state index < -0.39 is 5.63 Å². The second-order valence-electron chi connectivity index (χ2n) is 3.93. The summed E-state index contributed by atoms with van der Waals surface area (Å²) in [5.41, 5.74) is 3.71. The first-order valence-corrected chi connectivity index (χ1v) is 7.03. The number of hydrazone groups is 2. The Hall–Kier alpha value is -2.28. The SMILES string of the molecule is CS/C(=N\N)N/N=C(\C)c1cc2ccccc2oc1=O. The minimum Gasteiger partial charge on any atom is -0.422 e. The van der Waals surface area contributed by atoms with Crippen LogP contribution in [-0.4, -0.2) is 17.1 Å². The molecular weight excluding hydrogens is 276 g/mol. The van der Waals surface area contributed by atoms with Gasteiger partial charge in [-0.3, -0.25) is 5.43 Å². The van der Waals surface area contributed by atoms with Crippen LogP contribution in [0.4, 0.5) is 0 Å². The largest absolute Gasteiger partial charge is 0.422 e. The number of nitrogens with two attached hydrogens (primary N) is 1. The summed E-state index contributed by atoms with van der Waals surface area (Å²) < 4.78 is 5.25. The van der Waals surface area contributed by atoms with E-state index >= 15 is 0 Å². The van der Waals surface area contributed by atoms with Crippen LogP contribution in [-0.2, 0) is 0 Å². The summed E-state index contributed by atoms with van der Waals surface area (Å²) in [6, 6.07) is 9.06. The highest BCUT2D eigenvalue weighted by atomic mass is 32.2. The van der Waals surface area contributed by atoms with Gasteiger partial charge in [0, 0.05) is 5.39 Å². The van der Waals surface area contributed by atoms with E-state index in [-0.39, 0.29) is 0 Å². The van der Waals surface area contributed by atoms with Gasteiger partial charge in [-0.1, -0.05) is 30.0 Å². The fourth-order valence-electron chi connectivity index (χ4n) is 1.63. The maximum atomic E-state index is 11.9. The summed E-state index contributed by atoms with van der Waals surface area (Å²) in [5, 5.41) is 8.88. The Morgan fingerprint density at radius 3 is 2.85 bits per heavy atom. The predicted octanol–water partition coefficient (Wildman–Crippen LogP) is 1.70. The van der Waals surface area contributed by atoms with Gasteiger partial charge in [0.2, 0.25) is 0 Å². The van der Waals surface area contributed by atoms with Gasteiger partial charge in [-0.15, -0.1) is 0 Å². The molecule has 104 valence electrons. The molecule has 0 aliphatic carbocycles. The van der Waals surface area contributed by atoms with Crippen molar-refractivity contribution in [2.45, 2.75) is 6.92 Å². The molecule has 0 saturated carbocycles. The molecular formula is C13H14N4O2S. The molecule has 6 nitrogen and oxygen atoms in total. The zero-order valence-corrected chi connectivity index (χ0v) is 11.9. The smallest absolute Gasteiger partial charge is 0.345 e. The zero-order chi connectivity index (χ0) is 14.5. The standard InChI is InChI=1S/C13H14N4O2S/c1-8(16-17-13(15-14)20-2)10-7-9-5-3-4-6-11(9)19-12(10)18/h3-7H,14H2,1-2H3,(H,15,17)/b16-8+. The van der Waals surface area contributed by atoms with Crippen molar-refractivity contribution in [3.05, 3.63) is 46.3 Å². The van der Waals surface area contributed by atoms with Crippen LogP contribution >= 0.6 is 11.8 Å². The van der Waals surface area contributed by atoms with E-state index in [2.05, 4.69) is 15.6 Å². The molecule has 0 aliphatic rings. The molecule has 2 rings (SSSR count). The van der Waals surface area contributed by atoms with Crippen molar-refractivity contribution in [2.75, 3.05) is 6.26 Å². The molecule has 0 saturated heterocycles. The minimum absolute atomic E-state index is 0.397. The molecule has 3 N–H and O–H groups in total. The van der Waals surface area contributed by atoms with Crippen molar-refractivity contribution < 1.29 is 4.42 Å². The van der Waals surface area contributed by atoms with Crippen LogP contribution in [0.15, 0.2) is 49.7 Å². The molecule has 0 atom stereocenters. The molecule has 1 aromatic heterocycles. The topological polar surface area (TPSA) is 93.0 Å². The van der Waals surface area contributed by atoms with Gasteiger partial charge >= 0.3 is 5.63 Å². The predicted molar refractivity (Wildman–Crippen MR) is 83.0 cm³/mol. The van der Waals surface area contributed by atoms with Crippen LogP contribution in [0.1, 0.15) is 12.5 Å². The number of nitrogens with zero attached hydrogens (tertiary/aromatic N) is 2. The third-order valence-electron chi connectivity index (χ3n) is 2.66. The number of hydrogen-bond acceptors (Lipinski definition) is 6. The van der Waals surface area contributed by atoms with Crippen LogP contribution in [0.25, 0.3) is 11.0 Å². The Bertz CT molecular complexity index is 736. The number of nitrogens with one attached hydrogen (secondary N) is 1. The highest BCUT2D eigenvalue weighted by Gasteiger charge is 2.08. The Labute approximate surface area is 119 Å². The highest BCUT2D eigenvalue weighted by Crippen LogP contribution is 2.12. The fourth-order valence-corrected chi connectivity index (χ4v) is 1.88. The van der Waals surface area contributed by atoms with Gasteiger partial charge in [-0.25, -0.2) is 4.79 Å². The first kappa shape index (κ1) is 14.1. The third kappa shape index (κ3) is 3.00. The van der Waals surface area contributed by atoms with Crippen LogP contribution in [0.5, 0.6) is 0 Å². The average Bonchev–Trinajstić information content (AvgIpc) is 2.47. The van der Waals surface area contributed by atoms with Crippen LogP contribution in [0.2, 0.25) is 0 Å². The maximum Gasteiger partial charge on any atom is 0.345 e. The lowest BCUT2D eigenvalue weighted by Gasteiger charge is -2.03. The molecule has 2 aromatic rings. The molecule has 0 amide bonds. The monoisotopic (exact) mass is 290 g/mol.